The second-order valence-electron chi connectivity index (χ2n) is 5.47. The standard InChI is InChI=1S/C18H26O7/c1-3-4-5-6-7-8-9-14-22-18(20)24-25-23-17(19)15-10-12-16(21-2)13-11-15/h10-13H,3-9,14H2,1-2H3. The number of methoxy groups -OCH3 is 1. The Morgan fingerprint density at radius 2 is 1.52 bits per heavy atom. The molecule has 0 unspecified atom stereocenters. The van der Waals surface area contributed by atoms with E-state index in [4.69, 9.17) is 9.47 Å². The first-order valence-corrected chi connectivity index (χ1v) is 8.53. The van der Waals surface area contributed by atoms with Gasteiger partial charge in [-0.25, -0.2) is 14.5 Å². The van der Waals surface area contributed by atoms with E-state index in [-0.39, 0.29) is 12.2 Å². The van der Waals surface area contributed by atoms with Gasteiger partial charge in [-0.15, -0.1) is 0 Å². The van der Waals surface area contributed by atoms with E-state index in [0.717, 1.165) is 19.3 Å². The van der Waals surface area contributed by atoms with Crippen molar-refractivity contribution in [1.82, 2.24) is 0 Å². The maximum Gasteiger partial charge on any atom is 0.543 e. The number of carbonyl (C=O) groups excluding carboxylic acids is 2. The number of hydrogen-bond acceptors (Lipinski definition) is 7. The van der Waals surface area contributed by atoms with E-state index < -0.39 is 12.1 Å². The van der Waals surface area contributed by atoms with Crippen LogP contribution in [-0.4, -0.2) is 25.8 Å². The predicted molar refractivity (Wildman–Crippen MR) is 89.9 cm³/mol. The summed E-state index contributed by atoms with van der Waals surface area (Å²) in [6.45, 7) is 2.41. The largest absolute Gasteiger partial charge is 0.543 e. The fourth-order valence-electron chi connectivity index (χ4n) is 2.09. The van der Waals surface area contributed by atoms with Crippen LogP contribution in [0.2, 0.25) is 0 Å². The lowest BCUT2D eigenvalue weighted by atomic mass is 10.1. The lowest BCUT2D eigenvalue weighted by Gasteiger charge is -2.05. The van der Waals surface area contributed by atoms with Crippen molar-refractivity contribution < 1.29 is 33.9 Å². The van der Waals surface area contributed by atoms with E-state index >= 15 is 0 Å². The maximum atomic E-state index is 11.6. The molecule has 0 amide bonds. The van der Waals surface area contributed by atoms with Gasteiger partial charge < -0.3 is 9.47 Å². The fourth-order valence-corrected chi connectivity index (χ4v) is 2.09. The summed E-state index contributed by atoms with van der Waals surface area (Å²) in [7, 11) is 1.52. The van der Waals surface area contributed by atoms with Gasteiger partial charge in [-0.2, -0.15) is 0 Å². The molecule has 0 saturated heterocycles. The zero-order valence-electron chi connectivity index (χ0n) is 14.8. The van der Waals surface area contributed by atoms with Crippen LogP contribution in [0.5, 0.6) is 5.75 Å². The van der Waals surface area contributed by atoms with Crippen molar-refractivity contribution in [3.8, 4) is 5.75 Å². The number of rotatable bonds is 12. The van der Waals surface area contributed by atoms with Crippen LogP contribution in [-0.2, 0) is 19.6 Å². The molecule has 7 nitrogen and oxygen atoms in total. The summed E-state index contributed by atoms with van der Waals surface area (Å²) in [5.74, 6) is -0.204. The minimum Gasteiger partial charge on any atom is -0.497 e. The zero-order chi connectivity index (χ0) is 18.3. The lowest BCUT2D eigenvalue weighted by Crippen LogP contribution is -2.12. The topological polar surface area (TPSA) is 80.3 Å². The normalized spacial score (nSPS) is 10.2. The van der Waals surface area contributed by atoms with Gasteiger partial charge in [-0.3, -0.25) is 4.89 Å². The summed E-state index contributed by atoms with van der Waals surface area (Å²) in [5.41, 5.74) is 0.223. The molecular weight excluding hydrogens is 328 g/mol. The second-order valence-corrected chi connectivity index (χ2v) is 5.47. The van der Waals surface area contributed by atoms with Crippen molar-refractivity contribution in [2.24, 2.45) is 0 Å². The molecule has 0 aliphatic heterocycles. The molecule has 1 rings (SSSR count). The van der Waals surface area contributed by atoms with Crippen molar-refractivity contribution in [3.63, 3.8) is 0 Å². The van der Waals surface area contributed by atoms with Gasteiger partial charge >= 0.3 is 12.1 Å². The Hall–Kier alpha value is -2.28. The summed E-state index contributed by atoms with van der Waals surface area (Å²) in [5, 5.41) is 4.14. The number of carbonyl (C=O) groups is 2. The number of hydrogen-bond donors (Lipinski definition) is 0. The Morgan fingerprint density at radius 3 is 2.16 bits per heavy atom. The van der Waals surface area contributed by atoms with Gasteiger partial charge in [0, 0.05) is 0 Å². The Bertz CT molecular complexity index is 499. The van der Waals surface area contributed by atoms with Crippen molar-refractivity contribution in [2.75, 3.05) is 13.7 Å². The Labute approximate surface area is 148 Å². The molecule has 0 radical (unpaired) electrons. The molecule has 1 aromatic carbocycles. The van der Waals surface area contributed by atoms with Crippen LogP contribution in [0.15, 0.2) is 24.3 Å². The van der Waals surface area contributed by atoms with Crippen LogP contribution >= 0.6 is 0 Å². The molecule has 0 heterocycles. The highest BCUT2D eigenvalue weighted by atomic mass is 17.5. The average molecular weight is 354 g/mol. The lowest BCUT2D eigenvalue weighted by molar-refractivity contribution is -0.452. The summed E-state index contributed by atoms with van der Waals surface area (Å²) in [6, 6.07) is 6.16. The molecule has 1 aromatic rings. The molecule has 0 aliphatic rings. The zero-order valence-corrected chi connectivity index (χ0v) is 14.8. The van der Waals surface area contributed by atoms with Crippen molar-refractivity contribution in [2.45, 2.75) is 51.9 Å². The van der Waals surface area contributed by atoms with E-state index in [0.29, 0.717) is 5.75 Å². The fraction of sp³-hybridized carbons (Fsp3) is 0.556. The maximum absolute atomic E-state index is 11.6. The molecule has 0 bridgehead atoms. The van der Waals surface area contributed by atoms with Crippen LogP contribution in [0.4, 0.5) is 4.79 Å². The number of benzene rings is 1. The molecule has 0 N–H and O–H groups in total. The average Bonchev–Trinajstić information content (AvgIpc) is 2.64. The number of unbranched alkanes of at least 4 members (excludes halogenated alkanes) is 6. The minimum atomic E-state index is -1.05. The van der Waals surface area contributed by atoms with Gasteiger partial charge in [0.1, 0.15) is 5.75 Å². The second kappa shape index (κ2) is 13.1. The smallest absolute Gasteiger partial charge is 0.497 e. The first-order valence-electron chi connectivity index (χ1n) is 8.53. The summed E-state index contributed by atoms with van der Waals surface area (Å²) in [6.07, 6.45) is 6.74. The van der Waals surface area contributed by atoms with Crippen LogP contribution in [0, 0.1) is 0 Å². The quantitative estimate of drug-likeness (QED) is 0.235. The van der Waals surface area contributed by atoms with Crippen LogP contribution in [0.25, 0.3) is 0 Å². The van der Waals surface area contributed by atoms with E-state index in [1.807, 2.05) is 0 Å². The SMILES string of the molecule is CCCCCCCCCOC(=O)OOOC(=O)c1ccc(OC)cc1. The molecule has 0 aliphatic carbocycles. The van der Waals surface area contributed by atoms with Crippen LogP contribution in [0.1, 0.15) is 62.2 Å². The third-order valence-corrected chi connectivity index (χ3v) is 3.51. The number of ether oxygens (including phenoxy) is 2. The molecule has 0 saturated carbocycles. The van der Waals surface area contributed by atoms with Crippen LogP contribution < -0.4 is 4.74 Å². The van der Waals surface area contributed by atoms with Gasteiger partial charge in [-0.1, -0.05) is 45.4 Å². The molecule has 0 atom stereocenters. The molecule has 25 heavy (non-hydrogen) atoms. The van der Waals surface area contributed by atoms with Crippen molar-refractivity contribution >= 4 is 12.1 Å². The molecule has 0 fully saturated rings. The Morgan fingerprint density at radius 1 is 0.880 bits per heavy atom. The monoisotopic (exact) mass is 354 g/mol. The first kappa shape index (κ1) is 20.8. The van der Waals surface area contributed by atoms with Gasteiger partial charge in [0.25, 0.3) is 0 Å². The van der Waals surface area contributed by atoms with E-state index in [2.05, 4.69) is 21.7 Å². The van der Waals surface area contributed by atoms with Crippen molar-refractivity contribution in [1.29, 1.82) is 0 Å². The molecule has 7 heteroatoms. The van der Waals surface area contributed by atoms with E-state index in [1.54, 1.807) is 12.1 Å². The van der Waals surface area contributed by atoms with Gasteiger partial charge in [0.05, 0.1) is 24.3 Å². The third kappa shape index (κ3) is 9.56. The van der Waals surface area contributed by atoms with Crippen LogP contribution in [0.3, 0.4) is 0 Å². The molecule has 0 spiro atoms. The minimum absolute atomic E-state index is 0.223. The van der Waals surface area contributed by atoms with Gasteiger partial charge in [0.2, 0.25) is 0 Å². The third-order valence-electron chi connectivity index (χ3n) is 3.51. The van der Waals surface area contributed by atoms with E-state index in [9.17, 15) is 9.59 Å². The summed E-state index contributed by atoms with van der Waals surface area (Å²) in [4.78, 5) is 31.4. The molecular formula is C18H26O7. The van der Waals surface area contributed by atoms with Crippen molar-refractivity contribution in [3.05, 3.63) is 29.8 Å². The summed E-state index contributed by atoms with van der Waals surface area (Å²) < 4.78 is 9.76. The Kier molecular flexibility index (Phi) is 10.8. The first-order chi connectivity index (χ1) is 12.2. The molecule has 140 valence electrons. The van der Waals surface area contributed by atoms with E-state index in [1.165, 1.54) is 44.9 Å². The predicted octanol–water partition coefficient (Wildman–Crippen LogP) is 4.60. The molecule has 0 aromatic heterocycles. The Balaban J connectivity index is 2.05. The van der Waals surface area contributed by atoms with Gasteiger partial charge in [0.15, 0.2) is 0 Å². The van der Waals surface area contributed by atoms with Gasteiger partial charge in [-0.05, 0) is 30.7 Å². The highest BCUT2D eigenvalue weighted by Gasteiger charge is 2.12. The highest BCUT2D eigenvalue weighted by molar-refractivity contribution is 5.89. The highest BCUT2D eigenvalue weighted by Crippen LogP contribution is 2.12. The summed E-state index contributed by atoms with van der Waals surface area (Å²) >= 11 is 0.